The van der Waals surface area contributed by atoms with Gasteiger partial charge in [-0.3, -0.25) is 0 Å². The van der Waals surface area contributed by atoms with Crippen molar-refractivity contribution in [2.75, 3.05) is 26.7 Å². The van der Waals surface area contributed by atoms with Crippen molar-refractivity contribution in [2.24, 2.45) is 5.92 Å². The second-order valence-electron chi connectivity index (χ2n) is 6.07. The van der Waals surface area contributed by atoms with Gasteiger partial charge in [-0.25, -0.2) is 13.4 Å². The van der Waals surface area contributed by atoms with Crippen LogP contribution in [0.4, 0.5) is 0 Å². The zero-order valence-corrected chi connectivity index (χ0v) is 14.9. The maximum atomic E-state index is 12.6. The lowest BCUT2D eigenvalue weighted by Crippen LogP contribution is -2.45. The van der Waals surface area contributed by atoms with Crippen LogP contribution in [0.2, 0.25) is 0 Å². The molecule has 0 atom stereocenters. The van der Waals surface area contributed by atoms with E-state index in [-0.39, 0.29) is 17.3 Å². The summed E-state index contributed by atoms with van der Waals surface area (Å²) in [5.41, 5.74) is 0. The average molecular weight is 362 g/mol. The third-order valence-electron chi connectivity index (χ3n) is 4.40. The van der Waals surface area contributed by atoms with E-state index in [4.69, 9.17) is 4.74 Å². The molecular weight excluding hydrogens is 338 g/mol. The average Bonchev–Trinajstić information content (AvgIpc) is 3.38. The lowest BCUT2D eigenvalue weighted by molar-refractivity contribution is 0.288. The molecule has 0 spiro atoms. The van der Waals surface area contributed by atoms with Gasteiger partial charge in [0, 0.05) is 25.2 Å². The molecule has 0 amide bonds. The first-order valence-electron chi connectivity index (χ1n) is 7.83. The number of halogens is 1. The van der Waals surface area contributed by atoms with E-state index < -0.39 is 10.0 Å². The van der Waals surface area contributed by atoms with Crippen molar-refractivity contribution < 1.29 is 13.2 Å². The minimum absolute atomic E-state index is 0. The predicted octanol–water partition coefficient (Wildman–Crippen LogP) is 1.66. The van der Waals surface area contributed by atoms with Gasteiger partial charge >= 0.3 is 0 Å². The molecule has 0 bridgehead atoms. The molecule has 1 aromatic heterocycles. The second-order valence-corrected chi connectivity index (χ2v) is 8.00. The number of nitrogens with zero attached hydrogens (tertiary/aromatic N) is 2. The van der Waals surface area contributed by atoms with E-state index in [2.05, 4.69) is 10.3 Å². The van der Waals surface area contributed by atoms with E-state index in [0.717, 1.165) is 25.3 Å². The summed E-state index contributed by atoms with van der Waals surface area (Å²) in [6, 6.07) is 3.58. The third kappa shape index (κ3) is 4.56. The van der Waals surface area contributed by atoms with Crippen molar-refractivity contribution in [2.45, 2.75) is 36.6 Å². The van der Waals surface area contributed by atoms with Crippen LogP contribution < -0.4 is 10.1 Å². The highest BCUT2D eigenvalue weighted by Crippen LogP contribution is 2.28. The molecule has 0 unspecified atom stereocenters. The first-order chi connectivity index (χ1) is 10.6. The van der Waals surface area contributed by atoms with Crippen LogP contribution in [0, 0.1) is 5.92 Å². The van der Waals surface area contributed by atoms with Gasteiger partial charge < -0.3 is 10.1 Å². The molecule has 2 fully saturated rings. The Labute approximate surface area is 144 Å². The summed E-state index contributed by atoms with van der Waals surface area (Å²) in [7, 11) is -1.93. The van der Waals surface area contributed by atoms with Gasteiger partial charge in [0.2, 0.25) is 15.9 Å². The Morgan fingerprint density at radius 3 is 2.48 bits per heavy atom. The van der Waals surface area contributed by atoms with Crippen LogP contribution in [-0.2, 0) is 10.0 Å². The molecule has 1 aliphatic carbocycles. The van der Waals surface area contributed by atoms with Crippen molar-refractivity contribution in [3.8, 4) is 5.88 Å². The molecule has 1 aliphatic heterocycles. The normalized spacial score (nSPS) is 20.0. The molecule has 2 aliphatic rings. The standard InChI is InChI=1S/C15H23N3O3S.ClH/c1-21-15-5-4-14(11-17-15)22(19,20)18-8-6-13(7-9-18)16-10-12-2-3-12;/h4-5,11-13,16H,2-3,6-10H2,1H3;1H. The molecule has 1 saturated carbocycles. The number of nitrogens with one attached hydrogen (secondary N) is 1. The number of hydrogen-bond acceptors (Lipinski definition) is 5. The summed E-state index contributed by atoms with van der Waals surface area (Å²) in [5, 5.41) is 3.56. The van der Waals surface area contributed by atoms with Crippen molar-refractivity contribution >= 4 is 22.4 Å². The number of ether oxygens (including phenoxy) is 1. The minimum atomic E-state index is -3.44. The van der Waals surface area contributed by atoms with E-state index in [9.17, 15) is 8.42 Å². The lowest BCUT2D eigenvalue weighted by Gasteiger charge is -2.31. The van der Waals surface area contributed by atoms with Gasteiger partial charge in [0.1, 0.15) is 4.90 Å². The molecule has 3 rings (SSSR count). The smallest absolute Gasteiger partial charge is 0.244 e. The fourth-order valence-corrected chi connectivity index (χ4v) is 4.16. The third-order valence-corrected chi connectivity index (χ3v) is 6.28. The van der Waals surface area contributed by atoms with Crippen LogP contribution in [0.1, 0.15) is 25.7 Å². The van der Waals surface area contributed by atoms with Gasteiger partial charge in [-0.2, -0.15) is 4.31 Å². The van der Waals surface area contributed by atoms with E-state index in [1.807, 2.05) is 0 Å². The van der Waals surface area contributed by atoms with Gasteiger partial charge in [-0.05, 0) is 44.2 Å². The molecule has 130 valence electrons. The zero-order valence-electron chi connectivity index (χ0n) is 13.3. The summed E-state index contributed by atoms with van der Waals surface area (Å²) in [6.45, 7) is 2.22. The number of rotatable bonds is 6. The molecule has 6 nitrogen and oxygen atoms in total. The monoisotopic (exact) mass is 361 g/mol. The highest BCUT2D eigenvalue weighted by molar-refractivity contribution is 7.89. The summed E-state index contributed by atoms with van der Waals surface area (Å²) >= 11 is 0. The van der Waals surface area contributed by atoms with Gasteiger partial charge in [0.15, 0.2) is 0 Å². The molecule has 1 N–H and O–H groups in total. The van der Waals surface area contributed by atoms with Crippen LogP contribution >= 0.6 is 12.4 Å². The molecule has 0 radical (unpaired) electrons. The number of aromatic nitrogens is 1. The first-order valence-corrected chi connectivity index (χ1v) is 9.27. The Balaban J connectivity index is 0.00000192. The van der Waals surface area contributed by atoms with E-state index in [0.29, 0.717) is 25.0 Å². The van der Waals surface area contributed by atoms with E-state index in [1.165, 1.54) is 26.1 Å². The second kappa shape index (κ2) is 7.79. The molecule has 1 aromatic rings. The van der Waals surface area contributed by atoms with Gasteiger partial charge in [-0.1, -0.05) is 0 Å². The lowest BCUT2D eigenvalue weighted by atomic mass is 10.1. The first kappa shape index (κ1) is 18.4. The van der Waals surface area contributed by atoms with Crippen LogP contribution in [0.5, 0.6) is 5.88 Å². The van der Waals surface area contributed by atoms with Crippen molar-refractivity contribution in [1.82, 2.24) is 14.6 Å². The number of piperidine rings is 1. The molecule has 1 saturated heterocycles. The molecule has 8 heteroatoms. The number of hydrogen-bond donors (Lipinski definition) is 1. The van der Waals surface area contributed by atoms with Crippen LogP contribution in [0.25, 0.3) is 0 Å². The Morgan fingerprint density at radius 2 is 1.96 bits per heavy atom. The number of sulfonamides is 1. The van der Waals surface area contributed by atoms with Crippen molar-refractivity contribution in [3.63, 3.8) is 0 Å². The molecule has 23 heavy (non-hydrogen) atoms. The van der Waals surface area contributed by atoms with Crippen molar-refractivity contribution in [1.29, 1.82) is 0 Å². The largest absolute Gasteiger partial charge is 0.481 e. The summed E-state index contributed by atoms with van der Waals surface area (Å²) in [5.74, 6) is 1.27. The summed E-state index contributed by atoms with van der Waals surface area (Å²) in [6.07, 6.45) is 5.78. The van der Waals surface area contributed by atoms with E-state index in [1.54, 1.807) is 16.4 Å². The van der Waals surface area contributed by atoms with Crippen LogP contribution in [-0.4, -0.2) is 50.5 Å². The Hall–Kier alpha value is -0.890. The quantitative estimate of drug-likeness (QED) is 0.834. The SMILES string of the molecule is COc1ccc(S(=O)(=O)N2CCC(NCC3CC3)CC2)cn1.Cl. The molecular formula is C15H24ClN3O3S. The number of methoxy groups -OCH3 is 1. The summed E-state index contributed by atoms with van der Waals surface area (Å²) < 4.78 is 31.7. The Morgan fingerprint density at radius 1 is 1.26 bits per heavy atom. The fraction of sp³-hybridized carbons (Fsp3) is 0.667. The fourth-order valence-electron chi connectivity index (χ4n) is 2.74. The topological polar surface area (TPSA) is 71.5 Å². The van der Waals surface area contributed by atoms with Gasteiger partial charge in [0.05, 0.1) is 13.3 Å². The van der Waals surface area contributed by atoms with E-state index >= 15 is 0 Å². The molecule has 0 aromatic carbocycles. The highest BCUT2D eigenvalue weighted by Gasteiger charge is 2.30. The van der Waals surface area contributed by atoms with Crippen LogP contribution in [0.15, 0.2) is 23.2 Å². The predicted molar refractivity (Wildman–Crippen MR) is 90.5 cm³/mol. The summed E-state index contributed by atoms with van der Waals surface area (Å²) in [4.78, 5) is 4.22. The Bertz CT molecular complexity index is 597. The Kier molecular flexibility index (Phi) is 6.25. The van der Waals surface area contributed by atoms with Crippen LogP contribution in [0.3, 0.4) is 0 Å². The zero-order chi connectivity index (χ0) is 15.6. The maximum Gasteiger partial charge on any atom is 0.244 e. The number of pyridine rings is 1. The van der Waals surface area contributed by atoms with Gasteiger partial charge in [-0.15, -0.1) is 12.4 Å². The molecule has 2 heterocycles. The van der Waals surface area contributed by atoms with Crippen molar-refractivity contribution in [3.05, 3.63) is 18.3 Å². The minimum Gasteiger partial charge on any atom is -0.481 e. The maximum absolute atomic E-state index is 12.6. The van der Waals surface area contributed by atoms with Gasteiger partial charge in [0.25, 0.3) is 0 Å². The highest BCUT2D eigenvalue weighted by atomic mass is 35.5.